The van der Waals surface area contributed by atoms with Gasteiger partial charge >= 0.3 is 0 Å². The van der Waals surface area contributed by atoms with E-state index in [0.717, 1.165) is 23.5 Å². The third-order valence-electron chi connectivity index (χ3n) is 4.63. The van der Waals surface area contributed by atoms with E-state index in [1.54, 1.807) is 18.2 Å². The number of ether oxygens (including phenoxy) is 2. The number of rotatable bonds is 8. The summed E-state index contributed by atoms with van der Waals surface area (Å²) >= 11 is 0. The van der Waals surface area contributed by atoms with Crippen LogP contribution in [0.15, 0.2) is 52.4 Å². The topological polar surface area (TPSA) is 92.3 Å². The predicted molar refractivity (Wildman–Crippen MR) is 132 cm³/mol. The lowest BCUT2D eigenvalue weighted by Crippen LogP contribution is -2.38. The van der Waals surface area contributed by atoms with E-state index in [2.05, 4.69) is 15.6 Å². The molecule has 1 heterocycles. The summed E-state index contributed by atoms with van der Waals surface area (Å²) in [4.78, 5) is 4.85. The van der Waals surface area contributed by atoms with Gasteiger partial charge < -0.3 is 20.1 Å². The third-order valence-corrected chi connectivity index (χ3v) is 6.54. The van der Waals surface area contributed by atoms with Crippen LogP contribution in [0.25, 0.3) is 0 Å². The van der Waals surface area contributed by atoms with Crippen LogP contribution < -0.4 is 20.1 Å². The molecule has 1 aliphatic rings. The zero-order chi connectivity index (χ0) is 21.6. The molecule has 0 saturated heterocycles. The minimum absolute atomic E-state index is 0. The van der Waals surface area contributed by atoms with E-state index in [4.69, 9.17) is 9.47 Å². The lowest BCUT2D eigenvalue weighted by Gasteiger charge is -2.15. The molecule has 0 aliphatic carbocycles. The normalized spacial score (nSPS) is 13.1. The van der Waals surface area contributed by atoms with Crippen molar-refractivity contribution in [2.75, 3.05) is 34.0 Å². The number of halogens is 1. The molecule has 170 valence electrons. The molecular formula is C21H29IN4O4S. The second-order valence-corrected chi connectivity index (χ2v) is 9.07. The maximum absolute atomic E-state index is 12.6. The van der Waals surface area contributed by atoms with Gasteiger partial charge in [-0.2, -0.15) is 0 Å². The molecule has 0 fully saturated rings. The molecule has 2 N–H and O–H groups in total. The molecule has 10 heteroatoms. The van der Waals surface area contributed by atoms with Crippen LogP contribution in [-0.2, 0) is 23.0 Å². The Balaban J connectivity index is 0.00000341. The molecule has 1 aliphatic heterocycles. The largest absolute Gasteiger partial charge is 0.454 e. The van der Waals surface area contributed by atoms with E-state index < -0.39 is 10.0 Å². The van der Waals surface area contributed by atoms with Gasteiger partial charge in [-0.25, -0.2) is 17.7 Å². The number of fused-ring (bicyclic) bond motifs is 1. The van der Waals surface area contributed by atoms with E-state index >= 15 is 0 Å². The van der Waals surface area contributed by atoms with E-state index in [-0.39, 0.29) is 42.2 Å². The Hall–Kier alpha value is -2.05. The number of nitrogens with zero attached hydrogens (tertiary/aromatic N) is 2. The average molecular weight is 560 g/mol. The predicted octanol–water partition coefficient (Wildman–Crippen LogP) is 2.58. The molecule has 0 atom stereocenters. The second-order valence-electron chi connectivity index (χ2n) is 6.95. The molecule has 8 nitrogen and oxygen atoms in total. The Labute approximate surface area is 201 Å². The minimum Gasteiger partial charge on any atom is -0.454 e. The molecule has 3 rings (SSSR count). The summed E-state index contributed by atoms with van der Waals surface area (Å²) < 4.78 is 37.1. The first-order valence-corrected chi connectivity index (χ1v) is 11.3. The summed E-state index contributed by atoms with van der Waals surface area (Å²) in [7, 11) is -0.475. The van der Waals surface area contributed by atoms with Gasteiger partial charge in [0.15, 0.2) is 17.5 Å². The van der Waals surface area contributed by atoms with Crippen molar-refractivity contribution in [1.29, 1.82) is 0 Å². The first kappa shape index (κ1) is 25.2. The lowest BCUT2D eigenvalue weighted by atomic mass is 10.1. The summed E-state index contributed by atoms with van der Waals surface area (Å²) in [5.74, 6) is 2.18. The minimum atomic E-state index is -3.52. The van der Waals surface area contributed by atoms with Gasteiger partial charge in [0.05, 0.1) is 11.4 Å². The SMILES string of the molecule is CCNC(=NCc1ccccc1S(=O)(=O)N(C)C)NCCc1ccc2c(c1)OCO2.I. The molecule has 31 heavy (non-hydrogen) atoms. The zero-order valence-corrected chi connectivity index (χ0v) is 21.1. The van der Waals surface area contributed by atoms with Gasteiger partial charge in [0.1, 0.15) is 0 Å². The number of sulfonamides is 1. The van der Waals surface area contributed by atoms with Gasteiger partial charge in [0, 0.05) is 27.2 Å². The Morgan fingerprint density at radius 3 is 2.58 bits per heavy atom. The smallest absolute Gasteiger partial charge is 0.242 e. The Kier molecular flexibility index (Phi) is 9.38. The fourth-order valence-electron chi connectivity index (χ4n) is 3.01. The van der Waals surface area contributed by atoms with Crippen molar-refractivity contribution in [1.82, 2.24) is 14.9 Å². The second kappa shape index (κ2) is 11.5. The third kappa shape index (κ3) is 6.47. The van der Waals surface area contributed by atoms with Crippen LogP contribution in [-0.4, -0.2) is 52.7 Å². The van der Waals surface area contributed by atoms with Gasteiger partial charge in [-0.05, 0) is 42.7 Å². The molecule has 0 saturated carbocycles. The highest BCUT2D eigenvalue weighted by atomic mass is 127. The lowest BCUT2D eigenvalue weighted by molar-refractivity contribution is 0.174. The molecule has 0 unspecified atom stereocenters. The number of benzene rings is 2. The summed E-state index contributed by atoms with van der Waals surface area (Å²) in [6, 6.07) is 12.9. The van der Waals surface area contributed by atoms with E-state index in [1.165, 1.54) is 18.4 Å². The van der Waals surface area contributed by atoms with Crippen LogP contribution in [0.5, 0.6) is 11.5 Å². The molecule has 0 bridgehead atoms. The van der Waals surface area contributed by atoms with Crippen LogP contribution in [0.2, 0.25) is 0 Å². The highest BCUT2D eigenvalue weighted by Crippen LogP contribution is 2.32. The maximum Gasteiger partial charge on any atom is 0.242 e. The van der Waals surface area contributed by atoms with Crippen molar-refractivity contribution in [3.05, 3.63) is 53.6 Å². The van der Waals surface area contributed by atoms with Crippen molar-refractivity contribution in [3.8, 4) is 11.5 Å². The Bertz CT molecular complexity index is 1010. The number of nitrogens with one attached hydrogen (secondary N) is 2. The Morgan fingerprint density at radius 2 is 1.84 bits per heavy atom. The van der Waals surface area contributed by atoms with Crippen molar-refractivity contribution in [2.45, 2.75) is 24.8 Å². The molecule has 2 aromatic rings. The van der Waals surface area contributed by atoms with E-state index in [9.17, 15) is 8.42 Å². The summed E-state index contributed by atoms with van der Waals surface area (Å²) in [6.45, 7) is 3.87. The van der Waals surface area contributed by atoms with Crippen LogP contribution in [0, 0.1) is 0 Å². The van der Waals surface area contributed by atoms with Gasteiger partial charge in [-0.3, -0.25) is 0 Å². The van der Waals surface area contributed by atoms with E-state index in [0.29, 0.717) is 24.6 Å². The fourth-order valence-corrected chi connectivity index (χ4v) is 4.12. The quantitative estimate of drug-likeness (QED) is 0.293. The molecule has 0 spiro atoms. The number of hydrogen-bond donors (Lipinski definition) is 2. The first-order chi connectivity index (χ1) is 14.4. The number of hydrogen-bond acceptors (Lipinski definition) is 5. The fraction of sp³-hybridized carbons (Fsp3) is 0.381. The Morgan fingerprint density at radius 1 is 1.10 bits per heavy atom. The molecular weight excluding hydrogens is 531 g/mol. The van der Waals surface area contributed by atoms with Crippen LogP contribution in [0.1, 0.15) is 18.1 Å². The average Bonchev–Trinajstić information content (AvgIpc) is 3.20. The monoisotopic (exact) mass is 560 g/mol. The van der Waals surface area contributed by atoms with Crippen molar-refractivity contribution >= 4 is 40.0 Å². The number of aliphatic imine (C=N–C) groups is 1. The van der Waals surface area contributed by atoms with Crippen LogP contribution >= 0.6 is 24.0 Å². The highest BCUT2D eigenvalue weighted by Gasteiger charge is 2.20. The number of guanidine groups is 1. The standard InChI is InChI=1S/C21H28N4O4S.HI/c1-4-22-21(23-12-11-16-9-10-18-19(13-16)29-15-28-18)24-14-17-7-5-6-8-20(17)30(26,27)25(2)3;/h5-10,13H,4,11-12,14-15H2,1-3H3,(H2,22,23,24);1H. The van der Waals surface area contributed by atoms with Crippen LogP contribution in [0.4, 0.5) is 0 Å². The van der Waals surface area contributed by atoms with Gasteiger partial charge in [-0.15, -0.1) is 24.0 Å². The maximum atomic E-state index is 12.6. The van der Waals surface area contributed by atoms with E-state index in [1.807, 2.05) is 31.2 Å². The van der Waals surface area contributed by atoms with Crippen molar-refractivity contribution in [2.24, 2.45) is 4.99 Å². The molecule has 2 aromatic carbocycles. The zero-order valence-electron chi connectivity index (χ0n) is 17.9. The summed E-state index contributed by atoms with van der Waals surface area (Å²) in [5, 5.41) is 6.49. The molecule has 0 amide bonds. The van der Waals surface area contributed by atoms with Crippen molar-refractivity contribution in [3.63, 3.8) is 0 Å². The molecule has 0 aromatic heterocycles. The first-order valence-electron chi connectivity index (χ1n) is 9.83. The molecule has 0 radical (unpaired) electrons. The summed E-state index contributed by atoms with van der Waals surface area (Å²) in [5.41, 5.74) is 1.78. The van der Waals surface area contributed by atoms with Crippen LogP contribution in [0.3, 0.4) is 0 Å². The highest BCUT2D eigenvalue weighted by molar-refractivity contribution is 14.0. The van der Waals surface area contributed by atoms with Gasteiger partial charge in [0.25, 0.3) is 0 Å². The van der Waals surface area contributed by atoms with Gasteiger partial charge in [0.2, 0.25) is 16.8 Å². The summed E-state index contributed by atoms with van der Waals surface area (Å²) in [6.07, 6.45) is 0.784. The van der Waals surface area contributed by atoms with Gasteiger partial charge in [-0.1, -0.05) is 24.3 Å². The van der Waals surface area contributed by atoms with Crippen molar-refractivity contribution < 1.29 is 17.9 Å².